The Bertz CT molecular complexity index is 469. The number of carbonyl (C=O) groups is 1. The van der Waals surface area contributed by atoms with Crippen molar-refractivity contribution in [1.29, 1.82) is 0 Å². The number of halogens is 2. The van der Waals surface area contributed by atoms with Crippen LogP contribution in [0.4, 0.5) is 8.78 Å². The molecule has 0 saturated carbocycles. The molecule has 0 radical (unpaired) electrons. The minimum absolute atomic E-state index is 0.0931. The highest BCUT2D eigenvalue weighted by molar-refractivity contribution is 5.79. The minimum atomic E-state index is -4.05. The van der Waals surface area contributed by atoms with Gasteiger partial charge in [-0.25, -0.2) is 4.79 Å². The first-order chi connectivity index (χ1) is 9.77. The number of ether oxygens (including phenoxy) is 2. The van der Waals surface area contributed by atoms with E-state index in [1.54, 1.807) is 0 Å². The fraction of sp³-hybridized carbons (Fsp3) is 0.533. The van der Waals surface area contributed by atoms with E-state index >= 15 is 0 Å². The molecule has 1 aromatic rings. The van der Waals surface area contributed by atoms with E-state index in [4.69, 9.17) is 4.74 Å². The lowest BCUT2D eigenvalue weighted by Gasteiger charge is -2.31. The maximum atomic E-state index is 14.0. The van der Waals surface area contributed by atoms with Gasteiger partial charge in [0, 0.05) is 0 Å². The Kier molecular flexibility index (Phi) is 5.66. The molecule has 1 aromatic carbocycles. The Morgan fingerprint density at radius 3 is 2.29 bits per heavy atom. The van der Waals surface area contributed by atoms with Gasteiger partial charge in [0.05, 0.1) is 13.2 Å². The van der Waals surface area contributed by atoms with Gasteiger partial charge in [0.1, 0.15) is 5.75 Å². The smallest absolute Gasteiger partial charge is 0.380 e. The van der Waals surface area contributed by atoms with Crippen molar-refractivity contribution >= 4 is 5.97 Å². The molecule has 0 spiro atoms. The van der Waals surface area contributed by atoms with Crippen LogP contribution in [0.5, 0.6) is 5.75 Å². The number of carbonyl (C=O) groups excluding carboxylic acids is 1. The van der Waals surface area contributed by atoms with Crippen LogP contribution in [0, 0.1) is 0 Å². The van der Waals surface area contributed by atoms with E-state index in [0.717, 1.165) is 13.3 Å². The molecule has 1 atom stereocenters. The standard InChI is InChI=1S/C15H20F2O4/c1-4-10-21-12-8-6-11(7-9-12)14(3,19)15(16,17)13(18)20-5-2/h6-9,19H,4-5,10H2,1-3H3. The first-order valence-corrected chi connectivity index (χ1v) is 6.78. The Morgan fingerprint density at radius 1 is 1.24 bits per heavy atom. The summed E-state index contributed by atoms with van der Waals surface area (Å²) in [6.07, 6.45) is 0.820. The van der Waals surface area contributed by atoms with Crippen molar-refractivity contribution in [2.45, 2.75) is 38.7 Å². The molecule has 6 heteroatoms. The summed E-state index contributed by atoms with van der Waals surface area (Å²) in [7, 11) is 0. The van der Waals surface area contributed by atoms with E-state index < -0.39 is 17.5 Å². The molecular formula is C15H20F2O4. The van der Waals surface area contributed by atoms with Crippen LogP contribution < -0.4 is 4.74 Å². The average Bonchev–Trinajstić information content (AvgIpc) is 2.45. The van der Waals surface area contributed by atoms with Gasteiger partial charge in [-0.1, -0.05) is 19.1 Å². The molecule has 0 aliphatic heterocycles. The Labute approximate surface area is 122 Å². The summed E-state index contributed by atoms with van der Waals surface area (Å²) in [5, 5.41) is 10.1. The summed E-state index contributed by atoms with van der Waals surface area (Å²) in [5.74, 6) is -5.29. The average molecular weight is 302 g/mol. The van der Waals surface area contributed by atoms with Crippen LogP contribution in [-0.2, 0) is 15.1 Å². The molecule has 0 amide bonds. The second kappa shape index (κ2) is 6.85. The number of esters is 1. The maximum Gasteiger partial charge on any atom is 0.380 e. The lowest BCUT2D eigenvalue weighted by atomic mass is 9.89. The van der Waals surface area contributed by atoms with Crippen LogP contribution in [-0.4, -0.2) is 30.2 Å². The van der Waals surface area contributed by atoms with Gasteiger partial charge in [0.25, 0.3) is 0 Å². The molecule has 0 aromatic heterocycles. The Morgan fingerprint density at radius 2 is 1.81 bits per heavy atom. The van der Waals surface area contributed by atoms with Crippen LogP contribution in [0.3, 0.4) is 0 Å². The fourth-order valence-electron chi connectivity index (χ4n) is 1.70. The number of benzene rings is 1. The molecule has 1 unspecified atom stereocenters. The topological polar surface area (TPSA) is 55.8 Å². The van der Waals surface area contributed by atoms with E-state index in [1.807, 2.05) is 6.92 Å². The molecule has 0 bridgehead atoms. The predicted octanol–water partition coefficient (Wildman–Crippen LogP) is 2.88. The van der Waals surface area contributed by atoms with Gasteiger partial charge >= 0.3 is 11.9 Å². The molecule has 21 heavy (non-hydrogen) atoms. The summed E-state index contributed by atoms with van der Waals surface area (Å²) < 4.78 is 37.7. The Balaban J connectivity index is 2.98. The monoisotopic (exact) mass is 302 g/mol. The molecule has 0 fully saturated rings. The Hall–Kier alpha value is -1.69. The lowest BCUT2D eigenvalue weighted by molar-refractivity contribution is -0.212. The van der Waals surface area contributed by atoms with Crippen LogP contribution >= 0.6 is 0 Å². The maximum absolute atomic E-state index is 14.0. The van der Waals surface area contributed by atoms with Crippen LogP contribution in [0.15, 0.2) is 24.3 Å². The number of alkyl halides is 2. The van der Waals surface area contributed by atoms with E-state index in [-0.39, 0.29) is 12.2 Å². The summed E-state index contributed by atoms with van der Waals surface area (Å²) in [4.78, 5) is 11.3. The van der Waals surface area contributed by atoms with Gasteiger partial charge in [-0.15, -0.1) is 0 Å². The van der Waals surface area contributed by atoms with Crippen molar-refractivity contribution in [3.8, 4) is 5.75 Å². The zero-order valence-electron chi connectivity index (χ0n) is 12.4. The van der Waals surface area contributed by atoms with Gasteiger partial charge in [0.15, 0.2) is 5.60 Å². The first kappa shape index (κ1) is 17.4. The largest absolute Gasteiger partial charge is 0.494 e. The molecule has 1 N–H and O–H groups in total. The van der Waals surface area contributed by atoms with Crippen molar-refractivity contribution in [3.63, 3.8) is 0 Å². The first-order valence-electron chi connectivity index (χ1n) is 6.78. The number of aliphatic hydroxyl groups is 1. The third kappa shape index (κ3) is 3.69. The van der Waals surface area contributed by atoms with E-state index in [0.29, 0.717) is 12.4 Å². The normalized spacial score (nSPS) is 14.4. The molecule has 0 heterocycles. The van der Waals surface area contributed by atoms with Gasteiger partial charge in [-0.05, 0) is 38.0 Å². The molecule has 0 aliphatic carbocycles. The fourth-order valence-corrected chi connectivity index (χ4v) is 1.70. The third-order valence-corrected chi connectivity index (χ3v) is 3.03. The van der Waals surface area contributed by atoms with Gasteiger partial charge in [-0.3, -0.25) is 0 Å². The summed E-state index contributed by atoms with van der Waals surface area (Å²) >= 11 is 0. The van der Waals surface area contributed by atoms with Crippen molar-refractivity contribution in [3.05, 3.63) is 29.8 Å². The molecule has 118 valence electrons. The van der Waals surface area contributed by atoms with Crippen molar-refractivity contribution < 1.29 is 28.2 Å². The molecule has 1 rings (SSSR count). The second-order valence-electron chi connectivity index (χ2n) is 4.74. The minimum Gasteiger partial charge on any atom is -0.494 e. The molecule has 4 nitrogen and oxygen atoms in total. The number of rotatable bonds is 7. The predicted molar refractivity (Wildman–Crippen MR) is 73.4 cm³/mol. The van der Waals surface area contributed by atoms with E-state index in [1.165, 1.54) is 31.2 Å². The lowest BCUT2D eigenvalue weighted by Crippen LogP contribution is -2.49. The SMILES string of the molecule is CCCOc1ccc(C(C)(O)C(F)(F)C(=O)OCC)cc1. The van der Waals surface area contributed by atoms with Crippen molar-refractivity contribution in [1.82, 2.24) is 0 Å². The second-order valence-corrected chi connectivity index (χ2v) is 4.74. The van der Waals surface area contributed by atoms with Crippen LogP contribution in [0.25, 0.3) is 0 Å². The van der Waals surface area contributed by atoms with Crippen molar-refractivity contribution in [2.75, 3.05) is 13.2 Å². The van der Waals surface area contributed by atoms with Crippen LogP contribution in [0.2, 0.25) is 0 Å². The van der Waals surface area contributed by atoms with Gasteiger partial charge < -0.3 is 14.6 Å². The third-order valence-electron chi connectivity index (χ3n) is 3.03. The highest BCUT2D eigenvalue weighted by atomic mass is 19.3. The van der Waals surface area contributed by atoms with E-state index in [9.17, 15) is 18.7 Å². The van der Waals surface area contributed by atoms with Gasteiger partial charge in [-0.2, -0.15) is 8.78 Å². The van der Waals surface area contributed by atoms with E-state index in [2.05, 4.69) is 4.74 Å². The highest BCUT2D eigenvalue weighted by Crippen LogP contribution is 2.38. The molecular weight excluding hydrogens is 282 g/mol. The number of hydrogen-bond donors (Lipinski definition) is 1. The molecule has 0 aliphatic rings. The van der Waals surface area contributed by atoms with Gasteiger partial charge in [0.2, 0.25) is 0 Å². The van der Waals surface area contributed by atoms with Crippen molar-refractivity contribution in [2.24, 2.45) is 0 Å². The quantitative estimate of drug-likeness (QED) is 0.787. The number of hydrogen-bond acceptors (Lipinski definition) is 4. The zero-order valence-corrected chi connectivity index (χ0v) is 12.4. The highest BCUT2D eigenvalue weighted by Gasteiger charge is 2.57. The zero-order chi connectivity index (χ0) is 16.1. The van der Waals surface area contributed by atoms with Crippen LogP contribution in [0.1, 0.15) is 32.8 Å². The summed E-state index contributed by atoms with van der Waals surface area (Å²) in [6, 6.07) is 5.55. The summed E-state index contributed by atoms with van der Waals surface area (Å²) in [5.41, 5.74) is -2.76. The summed E-state index contributed by atoms with van der Waals surface area (Å²) in [6.45, 7) is 4.57. The molecule has 0 saturated heterocycles.